The van der Waals surface area contributed by atoms with Crippen LogP contribution in [-0.4, -0.2) is 0 Å². The molecule has 39 heavy (non-hydrogen) atoms. The van der Waals surface area contributed by atoms with Crippen molar-refractivity contribution in [2.75, 3.05) is 0 Å². The molecule has 0 N–H and O–H groups in total. The van der Waals surface area contributed by atoms with Gasteiger partial charge in [-0.2, -0.15) is 0 Å². The molecule has 0 aromatic carbocycles. The van der Waals surface area contributed by atoms with Gasteiger partial charge < -0.3 is 0 Å². The van der Waals surface area contributed by atoms with Gasteiger partial charge >= 0.3 is 0 Å². The molecule has 0 spiro atoms. The van der Waals surface area contributed by atoms with Gasteiger partial charge in [-0.05, 0) is 78.4 Å². The van der Waals surface area contributed by atoms with E-state index in [1.807, 2.05) is 0 Å². The Morgan fingerprint density at radius 1 is 0.564 bits per heavy atom. The smallest absolute Gasteiger partial charge is 0.0295 e. The van der Waals surface area contributed by atoms with Gasteiger partial charge in [-0.15, -0.1) is 0 Å². The molecule has 2 fully saturated rings. The van der Waals surface area contributed by atoms with Crippen LogP contribution in [0, 0.1) is 52.8 Å². The second-order valence-electron chi connectivity index (χ2n) is 16.4. The Morgan fingerprint density at radius 2 is 1.08 bits per heavy atom. The largest absolute Gasteiger partial charge is 0.0628 e. The first-order valence-electron chi connectivity index (χ1n) is 18.6. The van der Waals surface area contributed by atoms with Gasteiger partial charge in [0.2, 0.25) is 0 Å². The van der Waals surface area contributed by atoms with Crippen molar-refractivity contribution in [3.63, 3.8) is 0 Å². The summed E-state index contributed by atoms with van der Waals surface area (Å²) in [4.78, 5) is 0. The van der Waals surface area contributed by atoms with Crippen LogP contribution in [0.5, 0.6) is 0 Å². The van der Waals surface area contributed by atoms with Gasteiger partial charge in [0.05, 0.1) is 0 Å². The SMILES string of the molecule is CC(C)CCCC(CC1CCC1C)C(C)(C)C1CCCCCC(C(C)C)CCCCCCCCCCCC1C. The summed E-state index contributed by atoms with van der Waals surface area (Å²) < 4.78 is 0. The molecule has 2 aliphatic rings. The molecule has 0 heterocycles. The van der Waals surface area contributed by atoms with Crippen LogP contribution in [0.3, 0.4) is 0 Å². The summed E-state index contributed by atoms with van der Waals surface area (Å²) >= 11 is 0. The standard InChI is InChI=1S/C39H76/c1-31(2)22-21-26-37(30-36-29-28-33(36)5)39(7,8)38-27-20-16-19-25-35(32(3)4)24-18-15-13-11-9-10-12-14-17-23-34(38)6/h31-38H,9-30H2,1-8H3. The minimum absolute atomic E-state index is 0.477. The zero-order valence-corrected chi connectivity index (χ0v) is 28.7. The lowest BCUT2D eigenvalue weighted by Gasteiger charge is -2.48. The molecule has 232 valence electrons. The fraction of sp³-hybridized carbons (Fsp3) is 1.00. The first kappa shape index (κ1) is 35.2. The fourth-order valence-corrected chi connectivity index (χ4v) is 8.78. The molecule has 0 aliphatic heterocycles. The van der Waals surface area contributed by atoms with Crippen LogP contribution in [0.1, 0.15) is 197 Å². The van der Waals surface area contributed by atoms with Gasteiger partial charge in [-0.25, -0.2) is 0 Å². The van der Waals surface area contributed by atoms with E-state index in [-0.39, 0.29) is 0 Å². The van der Waals surface area contributed by atoms with Gasteiger partial charge in [-0.3, -0.25) is 0 Å². The second kappa shape index (κ2) is 19.2. The maximum absolute atomic E-state index is 2.74. The average molecular weight is 545 g/mol. The lowest BCUT2D eigenvalue weighted by atomic mass is 9.57. The summed E-state index contributed by atoms with van der Waals surface area (Å²) in [6, 6.07) is 0. The van der Waals surface area contributed by atoms with Gasteiger partial charge in [0.15, 0.2) is 0 Å². The maximum atomic E-state index is 2.74. The van der Waals surface area contributed by atoms with E-state index in [0.29, 0.717) is 5.41 Å². The van der Waals surface area contributed by atoms with E-state index in [0.717, 1.165) is 47.3 Å². The average Bonchev–Trinajstić information content (AvgIpc) is 2.87. The molecule has 0 saturated heterocycles. The molecular formula is C39H76. The van der Waals surface area contributed by atoms with Crippen molar-refractivity contribution in [2.45, 2.75) is 197 Å². The first-order chi connectivity index (χ1) is 18.6. The van der Waals surface area contributed by atoms with E-state index in [2.05, 4.69) is 55.4 Å². The van der Waals surface area contributed by atoms with Crippen LogP contribution in [-0.2, 0) is 0 Å². The molecule has 0 aromatic heterocycles. The van der Waals surface area contributed by atoms with E-state index in [9.17, 15) is 0 Å². The molecule has 6 unspecified atom stereocenters. The van der Waals surface area contributed by atoms with Crippen LogP contribution in [0.25, 0.3) is 0 Å². The normalized spacial score (nSPS) is 30.8. The lowest BCUT2D eigenvalue weighted by molar-refractivity contribution is 0.0193. The van der Waals surface area contributed by atoms with Crippen molar-refractivity contribution < 1.29 is 0 Å². The Kier molecular flexibility index (Phi) is 17.4. The summed E-state index contributed by atoms with van der Waals surface area (Å²) in [5, 5.41) is 0. The highest BCUT2D eigenvalue weighted by atomic mass is 14.5. The van der Waals surface area contributed by atoms with E-state index in [4.69, 9.17) is 0 Å². The third-order valence-corrected chi connectivity index (χ3v) is 12.2. The Morgan fingerprint density at radius 3 is 1.56 bits per heavy atom. The van der Waals surface area contributed by atoms with Crippen molar-refractivity contribution in [3.8, 4) is 0 Å². The summed E-state index contributed by atoms with van der Waals surface area (Å²) in [6.45, 7) is 20.5. The second-order valence-corrected chi connectivity index (χ2v) is 16.4. The summed E-state index contributed by atoms with van der Waals surface area (Å²) in [5.41, 5.74) is 0.477. The van der Waals surface area contributed by atoms with Crippen LogP contribution >= 0.6 is 0 Å². The van der Waals surface area contributed by atoms with Crippen LogP contribution < -0.4 is 0 Å². The van der Waals surface area contributed by atoms with Gasteiger partial charge in [-0.1, -0.05) is 171 Å². The minimum atomic E-state index is 0.477. The van der Waals surface area contributed by atoms with Crippen molar-refractivity contribution in [2.24, 2.45) is 52.8 Å². The van der Waals surface area contributed by atoms with E-state index in [1.54, 1.807) is 0 Å². The van der Waals surface area contributed by atoms with Crippen LogP contribution in [0.2, 0.25) is 0 Å². The molecule has 2 rings (SSSR count). The van der Waals surface area contributed by atoms with Crippen LogP contribution in [0.4, 0.5) is 0 Å². The summed E-state index contributed by atoms with van der Waals surface area (Å²) in [6.07, 6.45) is 32.5. The quantitative estimate of drug-likeness (QED) is 0.271. The zero-order chi connectivity index (χ0) is 28.7. The van der Waals surface area contributed by atoms with Crippen molar-refractivity contribution in [1.82, 2.24) is 0 Å². The van der Waals surface area contributed by atoms with E-state index in [1.165, 1.54) is 141 Å². The van der Waals surface area contributed by atoms with Crippen molar-refractivity contribution in [3.05, 3.63) is 0 Å². The van der Waals surface area contributed by atoms with Gasteiger partial charge in [0.1, 0.15) is 0 Å². The van der Waals surface area contributed by atoms with E-state index >= 15 is 0 Å². The van der Waals surface area contributed by atoms with E-state index < -0.39 is 0 Å². The molecule has 2 saturated carbocycles. The Labute approximate surface area is 249 Å². The summed E-state index contributed by atoms with van der Waals surface area (Å²) in [7, 11) is 0. The Bertz CT molecular complexity index is 585. The third-order valence-electron chi connectivity index (χ3n) is 12.2. The Balaban J connectivity index is 2.10. The Hall–Kier alpha value is 0. The molecular weight excluding hydrogens is 468 g/mol. The highest BCUT2D eigenvalue weighted by Crippen LogP contribution is 2.51. The van der Waals surface area contributed by atoms with Crippen molar-refractivity contribution >= 4 is 0 Å². The summed E-state index contributed by atoms with van der Waals surface area (Å²) in [5.74, 6) is 7.39. The van der Waals surface area contributed by atoms with Crippen molar-refractivity contribution in [1.29, 1.82) is 0 Å². The molecule has 0 nitrogen and oxygen atoms in total. The molecule has 0 aromatic rings. The first-order valence-corrected chi connectivity index (χ1v) is 18.6. The number of hydrogen-bond donors (Lipinski definition) is 0. The molecule has 0 radical (unpaired) electrons. The topological polar surface area (TPSA) is 0 Å². The molecule has 6 atom stereocenters. The fourth-order valence-electron chi connectivity index (χ4n) is 8.78. The van der Waals surface area contributed by atoms with Gasteiger partial charge in [0, 0.05) is 0 Å². The third kappa shape index (κ3) is 13.2. The zero-order valence-electron chi connectivity index (χ0n) is 28.7. The van der Waals surface area contributed by atoms with Crippen LogP contribution in [0.15, 0.2) is 0 Å². The lowest BCUT2D eigenvalue weighted by Crippen LogP contribution is -2.39. The predicted molar refractivity (Wildman–Crippen MR) is 177 cm³/mol. The maximum Gasteiger partial charge on any atom is -0.0295 e. The predicted octanol–water partition coefficient (Wildman–Crippen LogP) is 13.7. The highest BCUT2D eigenvalue weighted by Gasteiger charge is 2.41. The molecule has 0 bridgehead atoms. The van der Waals surface area contributed by atoms with Gasteiger partial charge in [0.25, 0.3) is 0 Å². The number of rotatable bonds is 9. The molecule has 0 amide bonds. The highest BCUT2D eigenvalue weighted by molar-refractivity contribution is 4.91. The monoisotopic (exact) mass is 545 g/mol. The minimum Gasteiger partial charge on any atom is -0.0628 e. The molecule has 0 heteroatoms. The molecule has 2 aliphatic carbocycles. The number of hydrogen-bond acceptors (Lipinski definition) is 0.